The van der Waals surface area contributed by atoms with Gasteiger partial charge in [0.05, 0.1) is 6.61 Å². The van der Waals surface area contributed by atoms with Crippen LogP contribution in [0.5, 0.6) is 0 Å². The van der Waals surface area contributed by atoms with Crippen molar-refractivity contribution in [3.05, 3.63) is 42.2 Å². The van der Waals surface area contributed by atoms with Crippen molar-refractivity contribution in [2.45, 2.75) is 26.2 Å². The number of aryl methyl sites for hydroxylation is 1. The minimum absolute atomic E-state index is 0.304. The number of carbonyl (C=O) groups is 1. The minimum Gasteiger partial charge on any atom is -0.462 e. The molecule has 1 rings (SSSR count). The molecule has 0 spiro atoms. The predicted octanol–water partition coefficient (Wildman–Crippen LogP) is 2.52. The number of pyridine rings is 1. The number of rotatable bonds is 6. The lowest BCUT2D eigenvalue weighted by molar-refractivity contribution is -0.139. The summed E-state index contributed by atoms with van der Waals surface area (Å²) < 4.78 is 4.99. The first kappa shape index (κ1) is 12.4. The summed E-state index contributed by atoms with van der Waals surface area (Å²) >= 11 is 0. The van der Waals surface area contributed by atoms with Gasteiger partial charge in [-0.1, -0.05) is 12.6 Å². The van der Waals surface area contributed by atoms with E-state index >= 15 is 0 Å². The number of carbonyl (C=O) groups excluding carboxylic acids is 1. The van der Waals surface area contributed by atoms with E-state index in [4.69, 9.17) is 4.74 Å². The molecule has 0 fully saturated rings. The van der Waals surface area contributed by atoms with E-state index in [2.05, 4.69) is 11.6 Å². The normalized spacial score (nSPS) is 9.81. The summed E-state index contributed by atoms with van der Waals surface area (Å²) in [5, 5.41) is 0. The highest BCUT2D eigenvalue weighted by Crippen LogP contribution is 2.03. The molecule has 3 heteroatoms. The number of hydrogen-bond donors (Lipinski definition) is 0. The van der Waals surface area contributed by atoms with Crippen molar-refractivity contribution in [1.82, 2.24) is 4.98 Å². The van der Waals surface area contributed by atoms with Gasteiger partial charge in [0.2, 0.25) is 0 Å². The predicted molar refractivity (Wildman–Crippen MR) is 62.9 cm³/mol. The number of unbranched alkanes of at least 4 members (excludes halogenated alkanes) is 1. The number of nitrogens with zero attached hydrogens (tertiary/aromatic N) is 1. The molecule has 16 heavy (non-hydrogen) atoms. The highest BCUT2D eigenvalue weighted by molar-refractivity contribution is 5.86. The van der Waals surface area contributed by atoms with Crippen LogP contribution in [-0.4, -0.2) is 17.6 Å². The molecule has 3 nitrogen and oxygen atoms in total. The molecule has 1 aromatic heterocycles. The Morgan fingerprint density at radius 3 is 2.94 bits per heavy atom. The van der Waals surface area contributed by atoms with E-state index in [-0.39, 0.29) is 5.97 Å². The topological polar surface area (TPSA) is 39.2 Å². The Hall–Kier alpha value is -1.64. The van der Waals surface area contributed by atoms with Crippen LogP contribution in [0.25, 0.3) is 0 Å². The lowest BCUT2D eigenvalue weighted by Gasteiger charge is -2.04. The third-order valence-electron chi connectivity index (χ3n) is 2.16. The maximum Gasteiger partial charge on any atom is 0.333 e. The van der Waals surface area contributed by atoms with Crippen molar-refractivity contribution >= 4 is 5.97 Å². The van der Waals surface area contributed by atoms with Gasteiger partial charge in [0.15, 0.2) is 0 Å². The van der Waals surface area contributed by atoms with Crippen LogP contribution in [0, 0.1) is 0 Å². The summed E-state index contributed by atoms with van der Waals surface area (Å²) in [6.07, 6.45) is 6.46. The molecular weight excluding hydrogens is 202 g/mol. The monoisotopic (exact) mass is 219 g/mol. The van der Waals surface area contributed by atoms with Crippen LogP contribution < -0.4 is 0 Å². The van der Waals surface area contributed by atoms with Gasteiger partial charge in [-0.3, -0.25) is 4.98 Å². The summed E-state index contributed by atoms with van der Waals surface area (Å²) in [6, 6.07) is 3.98. The second kappa shape index (κ2) is 6.77. The maximum atomic E-state index is 11.0. The summed E-state index contributed by atoms with van der Waals surface area (Å²) in [7, 11) is 0. The van der Waals surface area contributed by atoms with Crippen LogP contribution in [-0.2, 0) is 16.0 Å². The van der Waals surface area contributed by atoms with Gasteiger partial charge in [0.1, 0.15) is 0 Å². The fourth-order valence-corrected chi connectivity index (χ4v) is 1.27. The average molecular weight is 219 g/mol. The minimum atomic E-state index is -0.304. The Morgan fingerprint density at radius 2 is 2.31 bits per heavy atom. The Labute approximate surface area is 96.2 Å². The van der Waals surface area contributed by atoms with Gasteiger partial charge in [0.25, 0.3) is 0 Å². The van der Waals surface area contributed by atoms with E-state index in [0.717, 1.165) is 19.3 Å². The van der Waals surface area contributed by atoms with E-state index in [1.165, 1.54) is 5.56 Å². The largest absolute Gasteiger partial charge is 0.462 e. The molecule has 0 aliphatic carbocycles. The summed E-state index contributed by atoms with van der Waals surface area (Å²) in [5.41, 5.74) is 1.67. The molecule has 0 N–H and O–H groups in total. The first-order chi connectivity index (χ1) is 7.70. The van der Waals surface area contributed by atoms with Crippen LogP contribution in [0.4, 0.5) is 0 Å². The lowest BCUT2D eigenvalue weighted by atomic mass is 10.1. The summed E-state index contributed by atoms with van der Waals surface area (Å²) in [5.74, 6) is -0.304. The zero-order valence-electron chi connectivity index (χ0n) is 9.61. The van der Waals surface area contributed by atoms with E-state index in [0.29, 0.717) is 12.2 Å². The van der Waals surface area contributed by atoms with Crippen molar-refractivity contribution in [1.29, 1.82) is 0 Å². The van der Waals surface area contributed by atoms with Crippen molar-refractivity contribution in [3.8, 4) is 0 Å². The summed E-state index contributed by atoms with van der Waals surface area (Å²) in [4.78, 5) is 15.1. The number of hydrogen-bond acceptors (Lipinski definition) is 3. The van der Waals surface area contributed by atoms with Crippen molar-refractivity contribution < 1.29 is 9.53 Å². The highest BCUT2D eigenvalue weighted by Gasteiger charge is 2.01. The van der Waals surface area contributed by atoms with Crippen LogP contribution >= 0.6 is 0 Å². The zero-order valence-corrected chi connectivity index (χ0v) is 9.61. The van der Waals surface area contributed by atoms with Crippen molar-refractivity contribution in [2.75, 3.05) is 6.61 Å². The lowest BCUT2D eigenvalue weighted by Crippen LogP contribution is -2.06. The van der Waals surface area contributed by atoms with Gasteiger partial charge in [0, 0.05) is 18.0 Å². The Balaban J connectivity index is 2.09. The SMILES string of the molecule is C=C(C)C(=O)OCCCCc1cccnc1. The standard InChI is InChI=1S/C13H17NO2/c1-11(2)13(15)16-9-4-3-6-12-7-5-8-14-10-12/h5,7-8,10H,1,3-4,6,9H2,2H3. The third-order valence-corrected chi connectivity index (χ3v) is 2.16. The van der Waals surface area contributed by atoms with E-state index in [9.17, 15) is 4.79 Å². The average Bonchev–Trinajstić information content (AvgIpc) is 2.29. The number of aromatic nitrogens is 1. The first-order valence-electron chi connectivity index (χ1n) is 5.41. The number of esters is 1. The third kappa shape index (κ3) is 4.73. The quantitative estimate of drug-likeness (QED) is 0.419. The van der Waals surface area contributed by atoms with Gasteiger partial charge >= 0.3 is 5.97 Å². The Kier molecular flexibility index (Phi) is 5.26. The molecule has 0 aliphatic heterocycles. The highest BCUT2D eigenvalue weighted by atomic mass is 16.5. The molecule has 0 bridgehead atoms. The molecule has 0 unspecified atom stereocenters. The fraction of sp³-hybridized carbons (Fsp3) is 0.385. The molecule has 0 radical (unpaired) electrons. The van der Waals surface area contributed by atoms with Crippen LogP contribution in [0.2, 0.25) is 0 Å². The molecule has 86 valence electrons. The van der Waals surface area contributed by atoms with Gasteiger partial charge in [-0.15, -0.1) is 0 Å². The van der Waals surface area contributed by atoms with Gasteiger partial charge in [-0.25, -0.2) is 4.79 Å². The first-order valence-corrected chi connectivity index (χ1v) is 5.41. The van der Waals surface area contributed by atoms with E-state index in [1.807, 2.05) is 18.3 Å². The Morgan fingerprint density at radius 1 is 1.50 bits per heavy atom. The Bertz CT molecular complexity index is 346. The van der Waals surface area contributed by atoms with Gasteiger partial charge in [-0.05, 0) is 37.8 Å². The fourth-order valence-electron chi connectivity index (χ4n) is 1.27. The molecule has 0 saturated carbocycles. The maximum absolute atomic E-state index is 11.0. The van der Waals surface area contributed by atoms with Gasteiger partial charge in [-0.2, -0.15) is 0 Å². The van der Waals surface area contributed by atoms with Crippen LogP contribution in [0.15, 0.2) is 36.7 Å². The second-order valence-electron chi connectivity index (χ2n) is 3.73. The van der Waals surface area contributed by atoms with Crippen LogP contribution in [0.3, 0.4) is 0 Å². The van der Waals surface area contributed by atoms with E-state index in [1.54, 1.807) is 13.1 Å². The molecule has 0 aliphatic rings. The molecule has 1 heterocycles. The smallest absolute Gasteiger partial charge is 0.333 e. The number of ether oxygens (including phenoxy) is 1. The molecular formula is C13H17NO2. The molecule has 1 aromatic rings. The molecule has 0 atom stereocenters. The van der Waals surface area contributed by atoms with Crippen LogP contribution in [0.1, 0.15) is 25.3 Å². The molecule has 0 amide bonds. The molecule has 0 aromatic carbocycles. The van der Waals surface area contributed by atoms with E-state index < -0.39 is 0 Å². The van der Waals surface area contributed by atoms with Crippen molar-refractivity contribution in [2.24, 2.45) is 0 Å². The summed E-state index contributed by atoms with van der Waals surface area (Å²) in [6.45, 7) is 5.63. The van der Waals surface area contributed by atoms with Crippen molar-refractivity contribution in [3.63, 3.8) is 0 Å². The second-order valence-corrected chi connectivity index (χ2v) is 3.73. The zero-order chi connectivity index (χ0) is 11.8. The van der Waals surface area contributed by atoms with Gasteiger partial charge < -0.3 is 4.74 Å². The molecule has 0 saturated heterocycles.